The average molecular weight is 473 g/mol. The van der Waals surface area contributed by atoms with Gasteiger partial charge in [-0.1, -0.05) is 41.0 Å². The zero-order chi connectivity index (χ0) is 21.7. The van der Waals surface area contributed by atoms with Crippen molar-refractivity contribution in [1.29, 1.82) is 0 Å². The van der Waals surface area contributed by atoms with Gasteiger partial charge in [0.15, 0.2) is 5.75 Å². The summed E-state index contributed by atoms with van der Waals surface area (Å²) in [6.45, 7) is 0.124. The fourth-order valence-electron chi connectivity index (χ4n) is 2.53. The molecule has 0 fully saturated rings. The van der Waals surface area contributed by atoms with Gasteiger partial charge < -0.3 is 9.47 Å². The average Bonchev–Trinajstić information content (AvgIpc) is 3.15. The molecule has 1 aromatic heterocycles. The predicted octanol–water partition coefficient (Wildman–Crippen LogP) is 5.71. The Morgan fingerprint density at radius 1 is 1.20 bits per heavy atom. The summed E-state index contributed by atoms with van der Waals surface area (Å²) in [4.78, 5) is 0. The Hall–Kier alpha value is -2.36. The van der Waals surface area contributed by atoms with Crippen molar-refractivity contribution in [2.24, 2.45) is 5.10 Å². The molecule has 2 aromatic carbocycles. The maximum Gasteiger partial charge on any atom is 0.299 e. The normalized spacial score (nSPS) is 11.4. The lowest BCUT2D eigenvalue weighted by Crippen LogP contribution is -2.02. The fraction of sp³-hybridized carbons (Fsp3) is 0.211. The van der Waals surface area contributed by atoms with Gasteiger partial charge in [0, 0.05) is 5.56 Å². The number of para-hydroxylation sites is 1. The number of rotatable bonds is 8. The summed E-state index contributed by atoms with van der Waals surface area (Å²) in [7, 11) is 1.53. The van der Waals surface area contributed by atoms with Crippen LogP contribution in [-0.2, 0) is 6.61 Å². The summed E-state index contributed by atoms with van der Waals surface area (Å²) in [5.74, 6) is 0.413. The molecule has 0 saturated heterocycles. The molecule has 11 heteroatoms. The van der Waals surface area contributed by atoms with Gasteiger partial charge in [0.1, 0.15) is 12.4 Å². The van der Waals surface area contributed by atoms with Crippen LogP contribution in [0.4, 0.5) is 8.78 Å². The van der Waals surface area contributed by atoms with Crippen LogP contribution in [0.15, 0.2) is 46.7 Å². The third kappa shape index (κ3) is 5.03. The van der Waals surface area contributed by atoms with Gasteiger partial charge in [-0.05, 0) is 42.2 Å². The van der Waals surface area contributed by atoms with Crippen LogP contribution in [0.25, 0.3) is 0 Å². The molecule has 0 aliphatic carbocycles. The van der Waals surface area contributed by atoms with Crippen LogP contribution in [0.1, 0.15) is 23.4 Å². The maximum absolute atomic E-state index is 13.1. The first kappa shape index (κ1) is 22.3. The Morgan fingerprint density at radius 3 is 2.57 bits per heavy atom. The minimum atomic E-state index is -2.80. The van der Waals surface area contributed by atoms with E-state index in [1.165, 1.54) is 13.3 Å². The van der Waals surface area contributed by atoms with Crippen molar-refractivity contribution in [3.05, 3.63) is 63.4 Å². The highest BCUT2D eigenvalue weighted by atomic mass is 35.5. The number of hydrogen-bond acceptors (Lipinski definition) is 6. The topological polar surface area (TPSA) is 61.5 Å². The molecule has 0 radical (unpaired) electrons. The minimum absolute atomic E-state index is 0.124. The van der Waals surface area contributed by atoms with E-state index in [0.717, 1.165) is 16.4 Å². The molecule has 0 bridgehead atoms. The van der Waals surface area contributed by atoms with Gasteiger partial charge in [0.05, 0.1) is 23.4 Å². The Kier molecular flexibility index (Phi) is 7.52. The predicted molar refractivity (Wildman–Crippen MR) is 114 cm³/mol. The van der Waals surface area contributed by atoms with E-state index < -0.39 is 12.2 Å². The van der Waals surface area contributed by atoms with E-state index in [1.807, 2.05) is 0 Å². The molecule has 0 N–H and O–H groups in total. The molecule has 0 saturated carbocycles. The van der Waals surface area contributed by atoms with Crippen molar-refractivity contribution in [3.8, 4) is 11.5 Å². The molecule has 0 spiro atoms. The zero-order valence-corrected chi connectivity index (χ0v) is 18.2. The molecule has 3 rings (SSSR count). The number of aromatic nitrogens is 3. The van der Waals surface area contributed by atoms with Crippen LogP contribution in [0.2, 0.25) is 10.0 Å². The van der Waals surface area contributed by atoms with E-state index >= 15 is 0 Å². The van der Waals surface area contributed by atoms with Crippen molar-refractivity contribution in [3.63, 3.8) is 0 Å². The summed E-state index contributed by atoms with van der Waals surface area (Å²) >= 11 is 13.4. The van der Waals surface area contributed by atoms with Gasteiger partial charge in [0.25, 0.3) is 6.43 Å². The first-order valence-electron chi connectivity index (χ1n) is 8.50. The smallest absolute Gasteiger partial charge is 0.299 e. The van der Waals surface area contributed by atoms with Gasteiger partial charge in [0.2, 0.25) is 11.0 Å². The number of alkyl halides is 2. The highest BCUT2D eigenvalue weighted by Crippen LogP contribution is 2.33. The van der Waals surface area contributed by atoms with Crippen molar-refractivity contribution >= 4 is 41.2 Å². The molecule has 0 atom stereocenters. The molecular formula is C19H16Cl2F2N4O2S. The summed E-state index contributed by atoms with van der Waals surface area (Å²) < 4.78 is 38.4. The molecule has 30 heavy (non-hydrogen) atoms. The Balaban J connectivity index is 1.86. The summed E-state index contributed by atoms with van der Waals surface area (Å²) in [6, 6.07) is 10.3. The van der Waals surface area contributed by atoms with Crippen molar-refractivity contribution in [2.75, 3.05) is 13.4 Å². The van der Waals surface area contributed by atoms with Crippen LogP contribution < -0.4 is 9.47 Å². The number of halogens is 4. The van der Waals surface area contributed by atoms with E-state index in [1.54, 1.807) is 42.7 Å². The second-order valence-electron chi connectivity index (χ2n) is 5.81. The number of hydrogen-bond donors (Lipinski definition) is 0. The highest BCUT2D eigenvalue weighted by Gasteiger charge is 2.19. The zero-order valence-electron chi connectivity index (χ0n) is 15.9. The van der Waals surface area contributed by atoms with Crippen molar-refractivity contribution < 1.29 is 18.3 Å². The van der Waals surface area contributed by atoms with Crippen LogP contribution in [0, 0.1) is 0 Å². The van der Waals surface area contributed by atoms with Gasteiger partial charge in [-0.25, -0.2) is 8.78 Å². The Morgan fingerprint density at radius 2 is 1.93 bits per heavy atom. The van der Waals surface area contributed by atoms with Crippen LogP contribution >= 0.6 is 35.0 Å². The van der Waals surface area contributed by atoms with Gasteiger partial charge in [-0.15, -0.1) is 10.2 Å². The lowest BCUT2D eigenvalue weighted by Gasteiger charge is -2.13. The van der Waals surface area contributed by atoms with E-state index in [4.69, 9.17) is 32.7 Å². The van der Waals surface area contributed by atoms with Gasteiger partial charge in [-0.3, -0.25) is 0 Å². The third-order valence-electron chi connectivity index (χ3n) is 3.93. The molecule has 0 aliphatic rings. The number of thioether (sulfide) groups is 1. The van der Waals surface area contributed by atoms with E-state index in [0.29, 0.717) is 32.7 Å². The Bertz CT molecular complexity index is 1040. The van der Waals surface area contributed by atoms with Crippen LogP contribution in [0.5, 0.6) is 11.5 Å². The minimum Gasteiger partial charge on any atom is -0.496 e. The largest absolute Gasteiger partial charge is 0.496 e. The Labute approximate surface area is 185 Å². The van der Waals surface area contributed by atoms with Crippen molar-refractivity contribution in [2.45, 2.75) is 18.2 Å². The molecule has 3 aromatic rings. The monoisotopic (exact) mass is 472 g/mol. The number of nitrogens with zero attached hydrogens (tertiary/aromatic N) is 4. The van der Waals surface area contributed by atoms with Gasteiger partial charge in [-0.2, -0.15) is 9.78 Å². The maximum atomic E-state index is 13.1. The molecule has 0 aliphatic heterocycles. The highest BCUT2D eigenvalue weighted by molar-refractivity contribution is 7.98. The summed E-state index contributed by atoms with van der Waals surface area (Å²) in [5.41, 5.74) is 1.33. The number of ether oxygens (including phenoxy) is 2. The number of benzene rings is 2. The quantitative estimate of drug-likeness (QED) is 0.310. The summed E-state index contributed by atoms with van der Waals surface area (Å²) in [6.07, 6.45) is 0.338. The van der Waals surface area contributed by atoms with E-state index in [9.17, 15) is 8.78 Å². The second kappa shape index (κ2) is 10.1. The van der Waals surface area contributed by atoms with Crippen LogP contribution in [-0.4, -0.2) is 34.5 Å². The summed E-state index contributed by atoms with van der Waals surface area (Å²) in [5, 5.41) is 12.3. The van der Waals surface area contributed by atoms with Gasteiger partial charge >= 0.3 is 0 Å². The lowest BCUT2D eigenvalue weighted by atomic mass is 10.1. The molecule has 1 heterocycles. The van der Waals surface area contributed by atoms with E-state index in [-0.39, 0.29) is 11.8 Å². The van der Waals surface area contributed by atoms with E-state index in [2.05, 4.69) is 15.3 Å². The first-order chi connectivity index (χ1) is 14.4. The molecule has 0 unspecified atom stereocenters. The second-order valence-corrected chi connectivity index (χ2v) is 7.40. The standard InChI is InChI=1S/C19H16Cl2F2N4O2S/c1-28-15-7-6-11(9-24-27-18(17(22)23)25-26-19(27)30-2)8-12(15)10-29-16-13(20)4-3-5-14(16)21/h3-9,17H,10H2,1-2H3/b24-9-. The lowest BCUT2D eigenvalue weighted by molar-refractivity contribution is 0.135. The molecule has 0 amide bonds. The molecular weight excluding hydrogens is 457 g/mol. The van der Waals surface area contributed by atoms with Crippen LogP contribution in [0.3, 0.4) is 0 Å². The molecule has 158 valence electrons. The SMILES string of the molecule is COc1ccc(/C=N\n2c(SC)nnc2C(F)F)cc1COc1c(Cl)cccc1Cl. The molecule has 6 nitrogen and oxygen atoms in total. The van der Waals surface area contributed by atoms with Crippen molar-refractivity contribution in [1.82, 2.24) is 14.9 Å². The first-order valence-corrected chi connectivity index (χ1v) is 10.5. The number of methoxy groups -OCH3 is 1. The fourth-order valence-corrected chi connectivity index (χ4v) is 3.48. The third-order valence-corrected chi connectivity index (χ3v) is 5.15.